The van der Waals surface area contributed by atoms with Gasteiger partial charge >= 0.3 is 5.97 Å². The van der Waals surface area contributed by atoms with Crippen molar-refractivity contribution in [2.24, 2.45) is 5.92 Å². The maximum atomic E-state index is 12.4. The van der Waals surface area contributed by atoms with Crippen LogP contribution in [0.2, 0.25) is 0 Å². The molecule has 0 aliphatic heterocycles. The molecule has 0 heterocycles. The first-order valence-electron chi connectivity index (χ1n) is 9.97. The van der Waals surface area contributed by atoms with E-state index in [0.29, 0.717) is 24.9 Å². The average Bonchev–Trinajstić information content (AvgIpc) is 2.77. The molecule has 3 aromatic carbocycles. The van der Waals surface area contributed by atoms with Gasteiger partial charge < -0.3 is 15.2 Å². The third-order valence-corrected chi connectivity index (χ3v) is 4.90. The summed E-state index contributed by atoms with van der Waals surface area (Å²) in [4.78, 5) is 23.6. The van der Waals surface area contributed by atoms with Gasteiger partial charge in [-0.05, 0) is 60.4 Å². The fourth-order valence-electron chi connectivity index (χ4n) is 3.07. The summed E-state index contributed by atoms with van der Waals surface area (Å²) in [7, 11) is 0. The van der Waals surface area contributed by atoms with Crippen molar-refractivity contribution in [3.63, 3.8) is 0 Å². The molecule has 30 heavy (non-hydrogen) atoms. The van der Waals surface area contributed by atoms with E-state index in [9.17, 15) is 14.7 Å². The molecule has 0 spiro atoms. The Kier molecular flexibility index (Phi) is 7.22. The van der Waals surface area contributed by atoms with Crippen LogP contribution in [0.25, 0.3) is 0 Å². The first-order chi connectivity index (χ1) is 14.5. The van der Waals surface area contributed by atoms with Gasteiger partial charge in [-0.1, -0.05) is 49.4 Å². The van der Waals surface area contributed by atoms with Gasteiger partial charge in [0.25, 0.3) is 5.91 Å². The van der Waals surface area contributed by atoms with Crippen LogP contribution < -0.4 is 10.1 Å². The largest absolute Gasteiger partial charge is 0.481 e. The van der Waals surface area contributed by atoms with E-state index in [-0.39, 0.29) is 5.91 Å². The van der Waals surface area contributed by atoms with Crippen molar-refractivity contribution < 1.29 is 19.4 Å². The summed E-state index contributed by atoms with van der Waals surface area (Å²) < 4.78 is 5.77. The van der Waals surface area contributed by atoms with E-state index in [1.54, 1.807) is 12.1 Å². The number of carboxylic acids is 1. The van der Waals surface area contributed by atoms with Gasteiger partial charge in [0, 0.05) is 12.1 Å². The SMILES string of the molecule is CCC(Cc1ccc(C(=O)NCc2ccc(Oc3ccccc3)cc2)cc1)C(=O)O. The monoisotopic (exact) mass is 403 g/mol. The fraction of sp³-hybridized carbons (Fsp3) is 0.200. The number of carbonyl (C=O) groups excluding carboxylic acids is 1. The molecular weight excluding hydrogens is 378 g/mol. The van der Waals surface area contributed by atoms with Crippen LogP contribution in [0.4, 0.5) is 0 Å². The van der Waals surface area contributed by atoms with E-state index >= 15 is 0 Å². The zero-order valence-corrected chi connectivity index (χ0v) is 16.9. The number of ether oxygens (including phenoxy) is 1. The average molecular weight is 403 g/mol. The topological polar surface area (TPSA) is 75.6 Å². The third-order valence-electron chi connectivity index (χ3n) is 4.90. The maximum absolute atomic E-state index is 12.4. The summed E-state index contributed by atoms with van der Waals surface area (Å²) in [5.74, 6) is 0.142. The first kappa shape index (κ1) is 21.1. The van der Waals surface area contributed by atoms with Gasteiger partial charge in [0.2, 0.25) is 0 Å². The fourth-order valence-corrected chi connectivity index (χ4v) is 3.07. The standard InChI is InChI=1S/C25H25NO4/c1-2-20(25(28)29)16-18-8-12-21(13-9-18)24(27)26-17-19-10-14-23(15-11-19)30-22-6-4-3-5-7-22/h3-15,20H,2,16-17H2,1H3,(H,26,27)(H,28,29). The lowest BCUT2D eigenvalue weighted by atomic mass is 9.96. The summed E-state index contributed by atoms with van der Waals surface area (Å²) in [5, 5.41) is 12.1. The predicted octanol–water partition coefficient (Wildman–Crippen LogP) is 5.06. The molecule has 0 fully saturated rings. The van der Waals surface area contributed by atoms with Crippen LogP contribution in [-0.4, -0.2) is 17.0 Å². The minimum atomic E-state index is -0.792. The Labute approximate surface area is 176 Å². The second-order valence-electron chi connectivity index (χ2n) is 7.09. The zero-order chi connectivity index (χ0) is 21.3. The Balaban J connectivity index is 1.52. The van der Waals surface area contributed by atoms with Crippen LogP contribution in [0.1, 0.15) is 34.8 Å². The highest BCUT2D eigenvalue weighted by Crippen LogP contribution is 2.21. The van der Waals surface area contributed by atoms with E-state index in [1.165, 1.54) is 0 Å². The number of carboxylic acid groups (broad SMARTS) is 1. The first-order valence-corrected chi connectivity index (χ1v) is 9.97. The highest BCUT2D eigenvalue weighted by atomic mass is 16.5. The Hall–Kier alpha value is -3.60. The van der Waals surface area contributed by atoms with Crippen molar-refractivity contribution in [3.05, 3.63) is 95.6 Å². The van der Waals surface area contributed by atoms with Gasteiger partial charge in [-0.2, -0.15) is 0 Å². The molecule has 0 radical (unpaired) electrons. The molecule has 3 rings (SSSR count). The number of carbonyl (C=O) groups is 2. The van der Waals surface area contributed by atoms with Crippen LogP contribution in [0, 0.1) is 5.92 Å². The van der Waals surface area contributed by atoms with Crippen LogP contribution in [0.15, 0.2) is 78.9 Å². The van der Waals surface area contributed by atoms with Gasteiger partial charge in [0.15, 0.2) is 0 Å². The molecular formula is C25H25NO4. The number of amides is 1. The highest BCUT2D eigenvalue weighted by molar-refractivity contribution is 5.94. The maximum Gasteiger partial charge on any atom is 0.306 e. The summed E-state index contributed by atoms with van der Waals surface area (Å²) in [5.41, 5.74) is 2.42. The van der Waals surface area contributed by atoms with Crippen molar-refractivity contribution >= 4 is 11.9 Å². The molecule has 0 bridgehead atoms. The minimum absolute atomic E-state index is 0.170. The Morgan fingerprint density at radius 2 is 1.47 bits per heavy atom. The van der Waals surface area contributed by atoms with Crippen molar-refractivity contribution in [2.45, 2.75) is 26.3 Å². The summed E-state index contributed by atoms with van der Waals surface area (Å²) in [6, 6.07) is 24.2. The van der Waals surface area contributed by atoms with Gasteiger partial charge in [-0.25, -0.2) is 0 Å². The van der Waals surface area contributed by atoms with Crippen LogP contribution in [0.5, 0.6) is 11.5 Å². The van der Waals surface area contributed by atoms with Crippen molar-refractivity contribution in [3.8, 4) is 11.5 Å². The number of benzene rings is 3. The summed E-state index contributed by atoms with van der Waals surface area (Å²) in [6.45, 7) is 2.27. The molecule has 1 amide bonds. The van der Waals surface area contributed by atoms with Crippen molar-refractivity contribution in [2.75, 3.05) is 0 Å². The molecule has 0 aromatic heterocycles. The van der Waals surface area contributed by atoms with Gasteiger partial charge in [0.05, 0.1) is 5.92 Å². The number of para-hydroxylation sites is 1. The number of nitrogens with one attached hydrogen (secondary N) is 1. The lowest BCUT2D eigenvalue weighted by Gasteiger charge is -2.11. The molecule has 5 nitrogen and oxygen atoms in total. The Morgan fingerprint density at radius 3 is 2.07 bits per heavy atom. The number of hydrogen-bond donors (Lipinski definition) is 2. The van der Waals surface area contributed by atoms with E-state index in [1.807, 2.05) is 73.7 Å². The molecule has 2 N–H and O–H groups in total. The second kappa shape index (κ2) is 10.3. The lowest BCUT2D eigenvalue weighted by molar-refractivity contribution is -0.141. The van der Waals surface area contributed by atoms with Crippen LogP contribution >= 0.6 is 0 Å². The second-order valence-corrected chi connectivity index (χ2v) is 7.09. The van der Waals surface area contributed by atoms with Gasteiger partial charge in [-0.15, -0.1) is 0 Å². The Morgan fingerprint density at radius 1 is 0.867 bits per heavy atom. The number of rotatable bonds is 9. The van der Waals surface area contributed by atoms with Crippen LogP contribution in [0.3, 0.4) is 0 Å². The highest BCUT2D eigenvalue weighted by Gasteiger charge is 2.15. The Bertz CT molecular complexity index is 966. The van der Waals surface area contributed by atoms with Crippen molar-refractivity contribution in [1.29, 1.82) is 0 Å². The predicted molar refractivity (Wildman–Crippen MR) is 116 cm³/mol. The van der Waals surface area contributed by atoms with Crippen molar-refractivity contribution in [1.82, 2.24) is 5.32 Å². The molecule has 5 heteroatoms. The lowest BCUT2D eigenvalue weighted by Crippen LogP contribution is -2.22. The smallest absolute Gasteiger partial charge is 0.306 e. The molecule has 0 saturated heterocycles. The summed E-state index contributed by atoms with van der Waals surface area (Å²) >= 11 is 0. The molecule has 154 valence electrons. The van der Waals surface area contributed by atoms with Gasteiger partial charge in [0.1, 0.15) is 11.5 Å². The zero-order valence-electron chi connectivity index (χ0n) is 16.9. The minimum Gasteiger partial charge on any atom is -0.481 e. The molecule has 1 unspecified atom stereocenters. The van der Waals surface area contributed by atoms with E-state index in [2.05, 4.69) is 5.32 Å². The quantitative estimate of drug-likeness (QED) is 0.523. The normalized spacial score (nSPS) is 11.5. The molecule has 0 aliphatic carbocycles. The van der Waals surface area contributed by atoms with Gasteiger partial charge in [-0.3, -0.25) is 9.59 Å². The third kappa shape index (κ3) is 5.95. The molecule has 0 aliphatic rings. The van der Waals surface area contributed by atoms with E-state index in [4.69, 9.17) is 4.74 Å². The molecule has 0 saturated carbocycles. The number of aliphatic carboxylic acids is 1. The van der Waals surface area contributed by atoms with E-state index in [0.717, 1.165) is 22.6 Å². The van der Waals surface area contributed by atoms with Crippen LogP contribution in [-0.2, 0) is 17.8 Å². The molecule has 1 atom stereocenters. The summed E-state index contributed by atoms with van der Waals surface area (Å²) in [6.07, 6.45) is 1.04. The van der Waals surface area contributed by atoms with E-state index < -0.39 is 11.9 Å². The molecule has 3 aromatic rings. The number of hydrogen-bond acceptors (Lipinski definition) is 3.